The summed E-state index contributed by atoms with van der Waals surface area (Å²) in [6.45, 7) is 8.82. The number of likely N-dealkylation sites (N-methyl/N-ethyl adjacent to an activating group) is 1. The Hall–Kier alpha value is -1.10. The van der Waals surface area contributed by atoms with Crippen molar-refractivity contribution in [2.75, 3.05) is 33.7 Å². The van der Waals surface area contributed by atoms with Crippen LogP contribution in [0.4, 0.5) is 0 Å². The molecule has 0 aromatic carbocycles. The van der Waals surface area contributed by atoms with Crippen molar-refractivity contribution in [1.82, 2.24) is 5.32 Å². The number of amides is 1. The first-order valence-corrected chi connectivity index (χ1v) is 6.29. The van der Waals surface area contributed by atoms with Crippen molar-refractivity contribution in [3.05, 3.63) is 0 Å². The number of hydrogen-bond acceptors (Lipinski definition) is 3. The van der Waals surface area contributed by atoms with Gasteiger partial charge in [-0.1, -0.05) is 27.7 Å². The number of carbonyl (C=O) groups excluding carboxylic acids is 2. The van der Waals surface area contributed by atoms with Gasteiger partial charge < -0.3 is 19.7 Å². The zero-order valence-corrected chi connectivity index (χ0v) is 12.4. The van der Waals surface area contributed by atoms with Crippen LogP contribution in [0.1, 0.15) is 27.7 Å². The summed E-state index contributed by atoms with van der Waals surface area (Å²) in [6, 6.07) is 0. The van der Waals surface area contributed by atoms with Crippen molar-refractivity contribution in [1.29, 1.82) is 0 Å². The molecule has 5 heteroatoms. The smallest absolute Gasteiger partial charge is 0.226 e. The highest BCUT2D eigenvalue weighted by atomic mass is 16.4. The molecule has 0 rings (SSSR count). The largest absolute Gasteiger partial charge is 0.544 e. The molecule has 0 saturated carbocycles. The van der Waals surface area contributed by atoms with E-state index >= 15 is 0 Å². The van der Waals surface area contributed by atoms with E-state index in [9.17, 15) is 14.7 Å². The van der Waals surface area contributed by atoms with E-state index in [1.165, 1.54) is 0 Å². The summed E-state index contributed by atoms with van der Waals surface area (Å²) in [7, 11) is 3.60. The van der Waals surface area contributed by atoms with Crippen molar-refractivity contribution < 1.29 is 19.2 Å². The van der Waals surface area contributed by atoms with E-state index < -0.39 is 11.4 Å². The van der Waals surface area contributed by atoms with Gasteiger partial charge in [0.2, 0.25) is 5.91 Å². The predicted octanol–water partition coefficient (Wildman–Crippen LogP) is -0.389. The number of quaternary nitrogens is 1. The van der Waals surface area contributed by atoms with Crippen LogP contribution >= 0.6 is 0 Å². The maximum atomic E-state index is 12.0. The number of hydrogen-bond donors (Lipinski definition) is 1. The minimum atomic E-state index is -1.08. The van der Waals surface area contributed by atoms with Crippen molar-refractivity contribution in [2.24, 2.45) is 11.3 Å². The Morgan fingerprint density at radius 3 is 2.17 bits per heavy atom. The first-order valence-electron chi connectivity index (χ1n) is 6.29. The highest BCUT2D eigenvalue weighted by molar-refractivity contribution is 5.82. The minimum absolute atomic E-state index is 0.00551. The lowest BCUT2D eigenvalue weighted by molar-refractivity contribution is -0.883. The Morgan fingerprint density at radius 1 is 1.28 bits per heavy atom. The first kappa shape index (κ1) is 16.9. The summed E-state index contributed by atoms with van der Waals surface area (Å²) in [6.07, 6.45) is 0. The van der Waals surface area contributed by atoms with Crippen LogP contribution < -0.4 is 10.4 Å². The van der Waals surface area contributed by atoms with Crippen molar-refractivity contribution in [3.8, 4) is 0 Å². The maximum absolute atomic E-state index is 12.0. The molecule has 0 unspecified atom stereocenters. The van der Waals surface area contributed by atoms with Crippen molar-refractivity contribution >= 4 is 11.9 Å². The number of carboxylic acids is 1. The molecule has 0 bridgehead atoms. The Kier molecular flexibility index (Phi) is 5.80. The van der Waals surface area contributed by atoms with E-state index in [0.717, 1.165) is 0 Å². The molecular weight excluding hydrogens is 232 g/mol. The molecule has 0 aromatic rings. The molecule has 18 heavy (non-hydrogen) atoms. The second-order valence-corrected chi connectivity index (χ2v) is 6.32. The minimum Gasteiger partial charge on any atom is -0.544 e. The zero-order valence-electron chi connectivity index (χ0n) is 12.4. The molecule has 1 N–H and O–H groups in total. The Labute approximate surface area is 110 Å². The number of nitrogens with zero attached hydrogens (tertiary/aromatic N) is 1. The third kappa shape index (κ3) is 5.49. The molecule has 0 atom stereocenters. The van der Waals surface area contributed by atoms with E-state index in [1.807, 2.05) is 27.7 Å². The van der Waals surface area contributed by atoms with Crippen LogP contribution in [-0.4, -0.2) is 50.1 Å². The van der Waals surface area contributed by atoms with E-state index in [1.54, 1.807) is 14.1 Å². The lowest BCUT2D eigenvalue weighted by Gasteiger charge is -2.32. The van der Waals surface area contributed by atoms with Crippen LogP contribution in [-0.2, 0) is 9.59 Å². The van der Waals surface area contributed by atoms with Gasteiger partial charge in [0.1, 0.15) is 6.54 Å². The lowest BCUT2D eigenvalue weighted by atomic mass is 9.80. The Balaban J connectivity index is 4.20. The van der Waals surface area contributed by atoms with Gasteiger partial charge in [-0.3, -0.25) is 4.79 Å². The topological polar surface area (TPSA) is 69.2 Å². The summed E-state index contributed by atoms with van der Waals surface area (Å²) < 4.78 is 0.296. The van der Waals surface area contributed by atoms with E-state index in [2.05, 4.69) is 5.32 Å². The van der Waals surface area contributed by atoms with Gasteiger partial charge >= 0.3 is 0 Å². The van der Waals surface area contributed by atoms with Crippen LogP contribution in [0.3, 0.4) is 0 Å². The molecular formula is C13H26N2O3. The maximum Gasteiger partial charge on any atom is 0.226 e. The van der Waals surface area contributed by atoms with E-state index in [4.69, 9.17) is 0 Å². The normalized spacial score (nSPS) is 12.6. The van der Waals surface area contributed by atoms with Crippen LogP contribution in [0.5, 0.6) is 0 Å². The molecule has 0 aliphatic heterocycles. The van der Waals surface area contributed by atoms with Gasteiger partial charge in [0.05, 0.1) is 33.2 Å². The number of carboxylic acid groups (broad SMARTS) is 1. The molecule has 0 aliphatic rings. The molecule has 0 fully saturated rings. The van der Waals surface area contributed by atoms with Crippen LogP contribution in [0.2, 0.25) is 0 Å². The third-order valence-corrected chi connectivity index (χ3v) is 3.59. The van der Waals surface area contributed by atoms with E-state index in [0.29, 0.717) is 17.6 Å². The van der Waals surface area contributed by atoms with Gasteiger partial charge in [0, 0.05) is 5.41 Å². The van der Waals surface area contributed by atoms with Crippen LogP contribution in [0.15, 0.2) is 0 Å². The number of aliphatic carboxylic acids is 1. The quantitative estimate of drug-likeness (QED) is 0.632. The second-order valence-electron chi connectivity index (χ2n) is 6.32. The lowest BCUT2D eigenvalue weighted by Crippen LogP contribution is -2.52. The predicted molar refractivity (Wildman–Crippen MR) is 68.5 cm³/mol. The third-order valence-electron chi connectivity index (χ3n) is 3.59. The molecule has 106 valence electrons. The van der Waals surface area contributed by atoms with Gasteiger partial charge in [-0.05, 0) is 5.92 Å². The van der Waals surface area contributed by atoms with Gasteiger partial charge in [-0.15, -0.1) is 0 Å². The standard InChI is InChI=1S/C13H26N2O3/c1-10(2)13(3,4)12(18)14-7-8-15(5,6)9-11(16)17/h10H,7-9H2,1-6H3,(H-,14,16,17,18). The average molecular weight is 258 g/mol. The summed E-state index contributed by atoms with van der Waals surface area (Å²) >= 11 is 0. The van der Waals surface area contributed by atoms with Crippen LogP contribution in [0, 0.1) is 11.3 Å². The van der Waals surface area contributed by atoms with Crippen molar-refractivity contribution in [3.63, 3.8) is 0 Å². The van der Waals surface area contributed by atoms with Gasteiger partial charge in [-0.2, -0.15) is 0 Å². The summed E-state index contributed by atoms with van der Waals surface area (Å²) in [5, 5.41) is 13.4. The molecule has 0 spiro atoms. The SMILES string of the molecule is CC(C)C(C)(C)C(=O)NCC[N+](C)(C)CC(=O)[O-]. The molecule has 0 aromatic heterocycles. The van der Waals surface area contributed by atoms with Gasteiger partial charge in [-0.25, -0.2) is 0 Å². The Morgan fingerprint density at radius 2 is 1.78 bits per heavy atom. The molecule has 1 amide bonds. The summed E-state index contributed by atoms with van der Waals surface area (Å²) in [4.78, 5) is 22.5. The fourth-order valence-electron chi connectivity index (χ4n) is 1.39. The fourth-order valence-corrected chi connectivity index (χ4v) is 1.39. The average Bonchev–Trinajstić information content (AvgIpc) is 2.14. The van der Waals surface area contributed by atoms with Gasteiger partial charge in [0.25, 0.3) is 0 Å². The molecule has 0 heterocycles. The van der Waals surface area contributed by atoms with Crippen LogP contribution in [0.25, 0.3) is 0 Å². The monoisotopic (exact) mass is 258 g/mol. The Bertz CT molecular complexity index is 309. The first-order chi connectivity index (χ1) is 7.99. The molecule has 5 nitrogen and oxygen atoms in total. The molecule has 0 saturated heterocycles. The second kappa shape index (κ2) is 6.18. The van der Waals surface area contributed by atoms with E-state index in [-0.39, 0.29) is 18.4 Å². The highest BCUT2D eigenvalue weighted by Crippen LogP contribution is 2.25. The fraction of sp³-hybridized carbons (Fsp3) is 0.846. The number of rotatable bonds is 7. The number of nitrogens with one attached hydrogen (secondary N) is 1. The highest BCUT2D eigenvalue weighted by Gasteiger charge is 2.31. The molecule has 0 radical (unpaired) electrons. The zero-order chi connectivity index (χ0) is 14.6. The number of carbonyl (C=O) groups is 2. The van der Waals surface area contributed by atoms with Crippen molar-refractivity contribution in [2.45, 2.75) is 27.7 Å². The van der Waals surface area contributed by atoms with Gasteiger partial charge in [0.15, 0.2) is 0 Å². The molecule has 0 aliphatic carbocycles. The summed E-state index contributed by atoms with van der Waals surface area (Å²) in [5.41, 5.74) is -0.411. The summed E-state index contributed by atoms with van der Waals surface area (Å²) in [5.74, 6) is -0.817.